The molecule has 6 nitrogen and oxygen atoms in total. The van der Waals surface area contributed by atoms with Crippen LogP contribution in [0.1, 0.15) is 30.1 Å². The van der Waals surface area contributed by atoms with E-state index in [1.165, 1.54) is 6.39 Å². The number of esters is 1. The number of piperidine rings is 1. The van der Waals surface area contributed by atoms with E-state index in [9.17, 15) is 9.59 Å². The minimum absolute atomic E-state index is 0.0411. The summed E-state index contributed by atoms with van der Waals surface area (Å²) in [4.78, 5) is 30.0. The maximum absolute atomic E-state index is 12.5. The third-order valence-corrected chi connectivity index (χ3v) is 3.98. The summed E-state index contributed by atoms with van der Waals surface area (Å²) >= 11 is 0. The van der Waals surface area contributed by atoms with Crippen LogP contribution < -0.4 is 0 Å². The molecule has 0 spiro atoms. The number of fused-ring (bicyclic) bond motifs is 1. The molecule has 1 saturated heterocycles. The lowest BCUT2D eigenvalue weighted by Gasteiger charge is -2.30. The van der Waals surface area contributed by atoms with Gasteiger partial charge in [-0.05, 0) is 38.0 Å². The van der Waals surface area contributed by atoms with Crippen LogP contribution in [-0.2, 0) is 9.53 Å². The molecule has 1 aromatic carbocycles. The van der Waals surface area contributed by atoms with Crippen molar-refractivity contribution < 1.29 is 18.7 Å². The molecule has 6 heteroatoms. The number of ether oxygens (including phenoxy) is 1. The molecule has 0 aliphatic carbocycles. The number of benzene rings is 1. The summed E-state index contributed by atoms with van der Waals surface area (Å²) in [6.07, 6.45) is 2.66. The summed E-state index contributed by atoms with van der Waals surface area (Å²) in [7, 11) is 0. The Morgan fingerprint density at radius 2 is 2.14 bits per heavy atom. The molecule has 3 rings (SSSR count). The van der Waals surface area contributed by atoms with Gasteiger partial charge in [-0.25, -0.2) is 4.98 Å². The molecule has 1 aliphatic heterocycles. The van der Waals surface area contributed by atoms with Crippen molar-refractivity contribution in [2.24, 2.45) is 5.92 Å². The number of amides is 1. The smallest absolute Gasteiger partial charge is 0.309 e. The Morgan fingerprint density at radius 3 is 2.86 bits per heavy atom. The van der Waals surface area contributed by atoms with Gasteiger partial charge in [-0.3, -0.25) is 9.59 Å². The van der Waals surface area contributed by atoms with Gasteiger partial charge in [0.15, 0.2) is 12.0 Å². The molecule has 1 fully saturated rings. The van der Waals surface area contributed by atoms with Crippen LogP contribution in [0.2, 0.25) is 0 Å². The monoisotopic (exact) mass is 302 g/mol. The molecule has 0 radical (unpaired) electrons. The first-order chi connectivity index (χ1) is 10.7. The fourth-order valence-corrected chi connectivity index (χ4v) is 2.75. The molecule has 22 heavy (non-hydrogen) atoms. The van der Waals surface area contributed by atoms with Gasteiger partial charge in [-0.2, -0.15) is 0 Å². The number of hydrogen-bond donors (Lipinski definition) is 0. The minimum atomic E-state index is -0.155. The van der Waals surface area contributed by atoms with Crippen LogP contribution in [0.25, 0.3) is 11.1 Å². The summed E-state index contributed by atoms with van der Waals surface area (Å²) in [6.45, 7) is 3.33. The SMILES string of the molecule is CCOC(=O)C1CCN(C(=O)c2ccc3ncoc3c2)CC1. The highest BCUT2D eigenvalue weighted by atomic mass is 16.5. The van der Waals surface area contributed by atoms with Crippen molar-refractivity contribution in [1.82, 2.24) is 9.88 Å². The van der Waals surface area contributed by atoms with Gasteiger partial charge < -0.3 is 14.1 Å². The molecule has 116 valence electrons. The Bertz CT molecular complexity index is 686. The molecule has 1 amide bonds. The van der Waals surface area contributed by atoms with E-state index in [-0.39, 0.29) is 17.8 Å². The van der Waals surface area contributed by atoms with Crippen molar-refractivity contribution in [2.75, 3.05) is 19.7 Å². The summed E-state index contributed by atoms with van der Waals surface area (Å²) < 4.78 is 10.3. The van der Waals surface area contributed by atoms with Crippen LogP contribution in [0, 0.1) is 5.92 Å². The van der Waals surface area contributed by atoms with Crippen molar-refractivity contribution in [3.8, 4) is 0 Å². The highest BCUT2D eigenvalue weighted by molar-refractivity contribution is 5.97. The third kappa shape index (κ3) is 2.81. The molecule has 0 N–H and O–H groups in total. The fraction of sp³-hybridized carbons (Fsp3) is 0.438. The van der Waals surface area contributed by atoms with Gasteiger partial charge >= 0.3 is 5.97 Å². The van der Waals surface area contributed by atoms with Crippen molar-refractivity contribution in [3.63, 3.8) is 0 Å². The van der Waals surface area contributed by atoms with Crippen molar-refractivity contribution in [1.29, 1.82) is 0 Å². The molecule has 2 heterocycles. The Morgan fingerprint density at radius 1 is 1.36 bits per heavy atom. The zero-order valence-electron chi connectivity index (χ0n) is 12.4. The van der Waals surface area contributed by atoms with Gasteiger partial charge in [0.1, 0.15) is 5.52 Å². The summed E-state index contributed by atoms with van der Waals surface area (Å²) in [5.41, 5.74) is 1.92. The van der Waals surface area contributed by atoms with Crippen LogP contribution in [-0.4, -0.2) is 41.5 Å². The second-order valence-corrected chi connectivity index (χ2v) is 5.35. The number of aromatic nitrogens is 1. The van der Waals surface area contributed by atoms with Crippen LogP contribution >= 0.6 is 0 Å². The predicted octanol–water partition coefficient (Wildman–Crippen LogP) is 2.24. The van der Waals surface area contributed by atoms with Gasteiger partial charge in [0.25, 0.3) is 5.91 Å². The summed E-state index contributed by atoms with van der Waals surface area (Å²) in [5, 5.41) is 0. The number of likely N-dealkylation sites (tertiary alicyclic amines) is 1. The Hall–Kier alpha value is -2.37. The lowest BCUT2D eigenvalue weighted by molar-refractivity contribution is -0.149. The average molecular weight is 302 g/mol. The molecule has 0 unspecified atom stereocenters. The molecule has 2 aromatic rings. The first-order valence-electron chi connectivity index (χ1n) is 7.48. The first kappa shape index (κ1) is 14.6. The molecule has 0 bridgehead atoms. The second kappa shape index (κ2) is 6.17. The van der Waals surface area contributed by atoms with Crippen LogP contribution in [0.4, 0.5) is 0 Å². The second-order valence-electron chi connectivity index (χ2n) is 5.35. The maximum Gasteiger partial charge on any atom is 0.309 e. The number of rotatable bonds is 3. The van der Waals surface area contributed by atoms with E-state index in [0.717, 1.165) is 5.52 Å². The van der Waals surface area contributed by atoms with E-state index in [4.69, 9.17) is 9.15 Å². The third-order valence-electron chi connectivity index (χ3n) is 3.98. The van der Waals surface area contributed by atoms with E-state index < -0.39 is 0 Å². The van der Waals surface area contributed by atoms with Crippen LogP contribution in [0.3, 0.4) is 0 Å². The van der Waals surface area contributed by atoms with Crippen molar-refractivity contribution in [3.05, 3.63) is 30.2 Å². The van der Waals surface area contributed by atoms with E-state index in [1.54, 1.807) is 30.0 Å². The van der Waals surface area contributed by atoms with E-state index >= 15 is 0 Å². The quantitative estimate of drug-likeness (QED) is 0.813. The molecule has 0 atom stereocenters. The molecule has 0 saturated carbocycles. The molecular weight excluding hydrogens is 284 g/mol. The van der Waals surface area contributed by atoms with Gasteiger partial charge in [0.2, 0.25) is 0 Å². The lowest BCUT2D eigenvalue weighted by Crippen LogP contribution is -2.40. The average Bonchev–Trinajstić information content (AvgIpc) is 3.02. The van der Waals surface area contributed by atoms with Gasteiger partial charge in [0, 0.05) is 18.7 Å². The maximum atomic E-state index is 12.5. The Labute approximate surface area is 128 Å². The van der Waals surface area contributed by atoms with E-state index in [2.05, 4.69) is 4.98 Å². The minimum Gasteiger partial charge on any atom is -0.466 e. The van der Waals surface area contributed by atoms with Crippen LogP contribution in [0.5, 0.6) is 0 Å². The standard InChI is InChI=1S/C16H18N2O4/c1-2-21-16(20)11-5-7-18(8-6-11)15(19)12-3-4-13-14(9-12)22-10-17-13/h3-4,9-11H,2,5-8H2,1H3. The molecule has 1 aliphatic rings. The van der Waals surface area contributed by atoms with E-state index in [0.29, 0.717) is 43.7 Å². The number of hydrogen-bond acceptors (Lipinski definition) is 5. The number of carbonyl (C=O) groups is 2. The zero-order chi connectivity index (χ0) is 15.5. The topological polar surface area (TPSA) is 72.6 Å². The molecule has 1 aromatic heterocycles. The summed E-state index contributed by atoms with van der Waals surface area (Å²) in [6, 6.07) is 5.24. The van der Waals surface area contributed by atoms with E-state index in [1.807, 2.05) is 0 Å². The van der Waals surface area contributed by atoms with Crippen molar-refractivity contribution >= 4 is 23.0 Å². The van der Waals surface area contributed by atoms with Gasteiger partial charge in [-0.15, -0.1) is 0 Å². The Balaban J connectivity index is 1.65. The normalized spacial score (nSPS) is 16.0. The van der Waals surface area contributed by atoms with Crippen LogP contribution in [0.15, 0.2) is 29.0 Å². The number of oxazole rings is 1. The zero-order valence-corrected chi connectivity index (χ0v) is 12.4. The summed E-state index contributed by atoms with van der Waals surface area (Å²) in [5.74, 6) is -0.293. The lowest BCUT2D eigenvalue weighted by atomic mass is 9.96. The highest BCUT2D eigenvalue weighted by Gasteiger charge is 2.28. The van der Waals surface area contributed by atoms with Gasteiger partial charge in [0.05, 0.1) is 12.5 Å². The van der Waals surface area contributed by atoms with Crippen molar-refractivity contribution in [2.45, 2.75) is 19.8 Å². The number of carbonyl (C=O) groups excluding carboxylic acids is 2. The largest absolute Gasteiger partial charge is 0.466 e. The molecular formula is C16H18N2O4. The first-order valence-corrected chi connectivity index (χ1v) is 7.48. The Kier molecular flexibility index (Phi) is 4.09. The number of nitrogens with zero attached hydrogens (tertiary/aromatic N) is 2. The highest BCUT2D eigenvalue weighted by Crippen LogP contribution is 2.22. The van der Waals surface area contributed by atoms with Gasteiger partial charge in [-0.1, -0.05) is 0 Å². The predicted molar refractivity (Wildman–Crippen MR) is 79.3 cm³/mol. The fourth-order valence-electron chi connectivity index (χ4n) is 2.75.